The summed E-state index contributed by atoms with van der Waals surface area (Å²) in [6.07, 6.45) is 7.23. The Morgan fingerprint density at radius 3 is 2.71 bits per heavy atom. The number of anilines is 1. The summed E-state index contributed by atoms with van der Waals surface area (Å²) in [6.45, 7) is 0. The van der Waals surface area contributed by atoms with Crippen molar-refractivity contribution in [3.8, 4) is 0 Å². The summed E-state index contributed by atoms with van der Waals surface area (Å²) < 4.78 is 23.6. The zero-order valence-electron chi connectivity index (χ0n) is 15.3. The van der Waals surface area contributed by atoms with Crippen LogP contribution in [-0.2, 0) is 19.4 Å². The number of carbonyl (C=O) groups is 2. The summed E-state index contributed by atoms with van der Waals surface area (Å²) >= 11 is 6.19. The zero-order valence-corrected chi connectivity index (χ0v) is 16.8. The largest absolute Gasteiger partial charge is 0.309 e. The Balaban J connectivity index is 1.86. The van der Waals surface area contributed by atoms with Gasteiger partial charge in [0.2, 0.25) is 5.91 Å². The smallest absolute Gasteiger partial charge is 0.226 e. The van der Waals surface area contributed by atoms with E-state index in [-0.39, 0.29) is 39.9 Å². The molecule has 1 N–H and O–H groups in total. The van der Waals surface area contributed by atoms with Crippen molar-refractivity contribution in [1.29, 1.82) is 0 Å². The maximum atomic E-state index is 12.6. The van der Waals surface area contributed by atoms with Crippen LogP contribution in [0, 0.1) is 5.92 Å². The van der Waals surface area contributed by atoms with E-state index >= 15 is 0 Å². The van der Waals surface area contributed by atoms with Crippen LogP contribution in [0.15, 0.2) is 41.7 Å². The molecule has 0 unspecified atom stereocenters. The molecule has 0 bridgehead atoms. The van der Waals surface area contributed by atoms with Crippen molar-refractivity contribution in [2.24, 2.45) is 5.92 Å². The minimum absolute atomic E-state index is 0.000239. The predicted molar refractivity (Wildman–Crippen MR) is 105 cm³/mol. The lowest BCUT2D eigenvalue weighted by Crippen LogP contribution is -2.21. The van der Waals surface area contributed by atoms with E-state index in [9.17, 15) is 18.0 Å². The van der Waals surface area contributed by atoms with Crippen LogP contribution in [0.5, 0.6) is 0 Å². The molecule has 28 heavy (non-hydrogen) atoms. The number of Topliss-reactive ketones (excluding diaryl/α,β-unsaturated/α-hetero) is 1. The van der Waals surface area contributed by atoms with Crippen molar-refractivity contribution >= 4 is 38.9 Å². The third kappa shape index (κ3) is 4.94. The van der Waals surface area contributed by atoms with Gasteiger partial charge < -0.3 is 5.32 Å². The molecule has 2 aromatic rings. The SMILES string of the molecule is CS(=O)(=O)c1ccc([C@H](CC(=O)Nc2cnccn2)[C@@H]2CCC(=O)C2)cc1Cl. The molecular formula is C19H20ClN3O4S. The Labute approximate surface area is 168 Å². The summed E-state index contributed by atoms with van der Waals surface area (Å²) in [4.78, 5) is 32.3. The van der Waals surface area contributed by atoms with Crippen molar-refractivity contribution in [2.45, 2.75) is 36.5 Å². The average Bonchev–Trinajstić information content (AvgIpc) is 3.05. The number of sulfone groups is 1. The second-order valence-electron chi connectivity index (χ2n) is 6.95. The summed E-state index contributed by atoms with van der Waals surface area (Å²) in [6, 6.07) is 4.71. The number of aromatic nitrogens is 2. The third-order valence-electron chi connectivity index (χ3n) is 4.87. The molecule has 9 heteroatoms. The maximum Gasteiger partial charge on any atom is 0.226 e. The van der Waals surface area contributed by atoms with Crippen molar-refractivity contribution in [3.63, 3.8) is 0 Å². The van der Waals surface area contributed by atoms with Crippen LogP contribution in [-0.4, -0.2) is 36.3 Å². The average molecular weight is 422 g/mol. The fourth-order valence-corrected chi connectivity index (χ4v) is 4.89. The Morgan fingerprint density at radius 1 is 1.36 bits per heavy atom. The van der Waals surface area contributed by atoms with Gasteiger partial charge in [-0.05, 0) is 36.0 Å². The molecule has 148 valence electrons. The van der Waals surface area contributed by atoms with E-state index in [4.69, 9.17) is 11.6 Å². The maximum absolute atomic E-state index is 12.6. The molecule has 1 aromatic heterocycles. The molecule has 1 aliphatic carbocycles. The van der Waals surface area contributed by atoms with Crippen LogP contribution in [0.3, 0.4) is 0 Å². The lowest BCUT2D eigenvalue weighted by Gasteiger charge is -2.23. The molecule has 0 spiro atoms. The highest BCUT2D eigenvalue weighted by molar-refractivity contribution is 7.90. The number of nitrogens with zero attached hydrogens (tertiary/aromatic N) is 2. The summed E-state index contributed by atoms with van der Waals surface area (Å²) in [7, 11) is -3.45. The van der Waals surface area contributed by atoms with Gasteiger partial charge in [-0.3, -0.25) is 14.6 Å². The van der Waals surface area contributed by atoms with Crippen molar-refractivity contribution in [3.05, 3.63) is 47.4 Å². The first-order valence-corrected chi connectivity index (χ1v) is 11.1. The number of benzene rings is 1. The molecule has 0 radical (unpaired) electrons. The van der Waals surface area contributed by atoms with Crippen LogP contribution in [0.25, 0.3) is 0 Å². The number of nitrogens with one attached hydrogen (secondary N) is 1. The highest BCUT2D eigenvalue weighted by Crippen LogP contribution is 2.39. The molecule has 0 saturated heterocycles. The van der Waals surface area contributed by atoms with Gasteiger partial charge in [-0.2, -0.15) is 0 Å². The van der Waals surface area contributed by atoms with E-state index in [0.29, 0.717) is 25.1 Å². The topological polar surface area (TPSA) is 106 Å². The molecule has 1 heterocycles. The Kier molecular flexibility index (Phi) is 6.10. The van der Waals surface area contributed by atoms with Crippen molar-refractivity contribution in [2.75, 3.05) is 11.6 Å². The minimum Gasteiger partial charge on any atom is -0.309 e. The van der Waals surface area contributed by atoms with E-state index in [1.54, 1.807) is 12.1 Å². The van der Waals surface area contributed by atoms with Gasteiger partial charge in [-0.1, -0.05) is 17.7 Å². The van der Waals surface area contributed by atoms with Gasteiger partial charge in [0.05, 0.1) is 16.1 Å². The number of carbonyl (C=O) groups excluding carboxylic acids is 2. The number of halogens is 1. The van der Waals surface area contributed by atoms with E-state index in [2.05, 4.69) is 15.3 Å². The van der Waals surface area contributed by atoms with E-state index < -0.39 is 9.84 Å². The molecule has 1 fully saturated rings. The highest BCUT2D eigenvalue weighted by atomic mass is 35.5. The molecule has 1 amide bonds. The van der Waals surface area contributed by atoms with Crippen LogP contribution in [0.1, 0.15) is 37.2 Å². The van der Waals surface area contributed by atoms with E-state index in [1.165, 1.54) is 24.7 Å². The van der Waals surface area contributed by atoms with Crippen LogP contribution in [0.4, 0.5) is 5.82 Å². The molecule has 1 saturated carbocycles. The number of rotatable bonds is 6. The first-order chi connectivity index (χ1) is 13.2. The molecule has 1 aliphatic rings. The summed E-state index contributed by atoms with van der Waals surface area (Å²) in [5.41, 5.74) is 0.742. The Bertz CT molecular complexity index is 995. The monoisotopic (exact) mass is 421 g/mol. The Morgan fingerprint density at radius 2 is 2.14 bits per heavy atom. The molecular weight excluding hydrogens is 402 g/mol. The van der Waals surface area contributed by atoms with Gasteiger partial charge in [0.15, 0.2) is 15.7 Å². The van der Waals surface area contributed by atoms with Gasteiger partial charge in [0.25, 0.3) is 0 Å². The quantitative estimate of drug-likeness (QED) is 0.768. The molecule has 3 rings (SSSR count). The standard InChI is InChI=1S/C19H20ClN3O4S/c1-28(26,27)17-5-3-13(9-16(17)20)15(12-2-4-14(24)8-12)10-19(25)23-18-11-21-6-7-22-18/h3,5-7,9,11-12,15H,2,4,8,10H2,1H3,(H,22,23,25)/t12-,15-/m1/s1. The van der Waals surface area contributed by atoms with Gasteiger partial charge in [-0.25, -0.2) is 13.4 Å². The molecule has 1 aromatic carbocycles. The van der Waals surface area contributed by atoms with Gasteiger partial charge in [-0.15, -0.1) is 0 Å². The van der Waals surface area contributed by atoms with Crippen molar-refractivity contribution in [1.82, 2.24) is 9.97 Å². The highest BCUT2D eigenvalue weighted by Gasteiger charge is 2.32. The fourth-order valence-electron chi connectivity index (χ4n) is 3.55. The van der Waals surface area contributed by atoms with Gasteiger partial charge in [0.1, 0.15) is 5.78 Å². The van der Waals surface area contributed by atoms with Gasteiger partial charge in [0, 0.05) is 37.9 Å². The zero-order chi connectivity index (χ0) is 20.3. The van der Waals surface area contributed by atoms with Crippen LogP contribution in [0.2, 0.25) is 5.02 Å². The number of hydrogen-bond acceptors (Lipinski definition) is 6. The van der Waals surface area contributed by atoms with Crippen LogP contribution < -0.4 is 5.32 Å². The van der Waals surface area contributed by atoms with Crippen LogP contribution >= 0.6 is 11.6 Å². The molecule has 0 aliphatic heterocycles. The minimum atomic E-state index is -3.45. The predicted octanol–water partition coefficient (Wildman–Crippen LogP) is 3.02. The lowest BCUT2D eigenvalue weighted by atomic mass is 9.82. The number of ketones is 1. The van der Waals surface area contributed by atoms with E-state index in [1.807, 2.05) is 0 Å². The normalized spacial score (nSPS) is 18.1. The first-order valence-electron chi connectivity index (χ1n) is 8.81. The summed E-state index contributed by atoms with van der Waals surface area (Å²) in [5.74, 6) is 0.00467. The number of amides is 1. The second kappa shape index (κ2) is 8.36. The van der Waals surface area contributed by atoms with Crippen molar-refractivity contribution < 1.29 is 18.0 Å². The van der Waals surface area contributed by atoms with Gasteiger partial charge >= 0.3 is 0 Å². The molecule has 7 nitrogen and oxygen atoms in total. The number of hydrogen-bond donors (Lipinski definition) is 1. The second-order valence-corrected chi connectivity index (χ2v) is 9.34. The summed E-state index contributed by atoms with van der Waals surface area (Å²) in [5, 5.41) is 2.82. The first kappa shape index (κ1) is 20.4. The molecule has 2 atom stereocenters. The fraction of sp³-hybridized carbons (Fsp3) is 0.368. The van der Waals surface area contributed by atoms with E-state index in [0.717, 1.165) is 11.8 Å². The third-order valence-corrected chi connectivity index (χ3v) is 6.45. The lowest BCUT2D eigenvalue weighted by molar-refractivity contribution is -0.119. The Hall–Kier alpha value is -2.32.